The molecule has 1 heterocycles. The lowest BCUT2D eigenvalue weighted by atomic mass is 9.66. The Hall–Kier alpha value is -0.300. The van der Waals surface area contributed by atoms with Crippen molar-refractivity contribution in [2.24, 2.45) is 17.3 Å². The Morgan fingerprint density at radius 3 is 2.81 bits per heavy atom. The van der Waals surface area contributed by atoms with Crippen LogP contribution in [0.1, 0.15) is 51.9 Å². The molecule has 0 amide bonds. The van der Waals surface area contributed by atoms with Gasteiger partial charge in [-0.05, 0) is 37.0 Å². The normalized spacial score (nSPS) is 37.9. The molecule has 0 bridgehead atoms. The summed E-state index contributed by atoms with van der Waals surface area (Å²) in [5.74, 6) is 1.60. The fourth-order valence-corrected chi connectivity index (χ4v) is 3.94. The summed E-state index contributed by atoms with van der Waals surface area (Å²) >= 11 is 0. The lowest BCUT2D eigenvalue weighted by Crippen LogP contribution is -2.27. The van der Waals surface area contributed by atoms with Gasteiger partial charge in [-0.2, -0.15) is 0 Å². The molecule has 0 unspecified atom stereocenters. The summed E-state index contributed by atoms with van der Waals surface area (Å²) in [6.45, 7) is 4.52. The molecule has 0 aromatic heterocycles. The van der Waals surface area contributed by atoms with E-state index >= 15 is 0 Å². The summed E-state index contributed by atoms with van der Waals surface area (Å²) in [6.07, 6.45) is 12.5. The molecule has 0 N–H and O–H groups in total. The molecule has 2 fully saturated rings. The Morgan fingerprint density at radius 1 is 1.19 bits per heavy atom. The average Bonchev–Trinajstić information content (AvgIpc) is 2.77. The van der Waals surface area contributed by atoms with Gasteiger partial charge in [-0.1, -0.05) is 37.8 Å². The van der Waals surface area contributed by atoms with Crippen LogP contribution in [0.25, 0.3) is 0 Å². The minimum atomic E-state index is 0.547. The van der Waals surface area contributed by atoms with Crippen molar-refractivity contribution in [1.29, 1.82) is 0 Å². The molecule has 90 valence electrons. The Labute approximate surface area is 99.3 Å². The maximum Gasteiger partial charge on any atom is 0.0532 e. The molecule has 1 saturated carbocycles. The van der Waals surface area contributed by atoms with Crippen molar-refractivity contribution in [1.82, 2.24) is 0 Å². The largest absolute Gasteiger partial charge is 0.381 e. The predicted octanol–water partition coefficient (Wildman–Crippen LogP) is 3.94. The first-order valence-electron chi connectivity index (χ1n) is 7.07. The molecule has 3 rings (SSSR count). The summed E-state index contributed by atoms with van der Waals surface area (Å²) < 4.78 is 5.62. The first-order chi connectivity index (χ1) is 7.78. The summed E-state index contributed by atoms with van der Waals surface area (Å²) in [4.78, 5) is 0. The monoisotopic (exact) mass is 220 g/mol. The molecular weight excluding hydrogens is 196 g/mol. The van der Waals surface area contributed by atoms with Crippen LogP contribution in [-0.2, 0) is 4.74 Å². The number of hydrogen-bond acceptors (Lipinski definition) is 1. The van der Waals surface area contributed by atoms with Crippen molar-refractivity contribution >= 4 is 0 Å². The van der Waals surface area contributed by atoms with E-state index in [1.165, 1.54) is 44.9 Å². The highest BCUT2D eigenvalue weighted by Crippen LogP contribution is 2.47. The summed E-state index contributed by atoms with van der Waals surface area (Å²) in [5, 5.41) is 0. The molecule has 1 nitrogen and oxygen atoms in total. The third kappa shape index (κ3) is 1.84. The zero-order valence-corrected chi connectivity index (χ0v) is 10.5. The molecule has 0 radical (unpaired) electrons. The molecule has 0 aromatic carbocycles. The molecule has 2 atom stereocenters. The van der Waals surface area contributed by atoms with Gasteiger partial charge in [-0.25, -0.2) is 0 Å². The summed E-state index contributed by atoms with van der Waals surface area (Å²) in [7, 11) is 0. The zero-order valence-electron chi connectivity index (χ0n) is 10.5. The maximum absolute atomic E-state index is 5.62. The Kier molecular flexibility index (Phi) is 2.83. The Balaban J connectivity index is 1.78. The van der Waals surface area contributed by atoms with Crippen molar-refractivity contribution in [2.45, 2.75) is 51.9 Å². The summed E-state index contributed by atoms with van der Waals surface area (Å²) in [6, 6.07) is 0. The van der Waals surface area contributed by atoms with Gasteiger partial charge in [0.05, 0.1) is 13.2 Å². The molecule has 0 spiro atoms. The Morgan fingerprint density at radius 2 is 2.00 bits per heavy atom. The first-order valence-corrected chi connectivity index (χ1v) is 7.07. The van der Waals surface area contributed by atoms with Gasteiger partial charge in [0.1, 0.15) is 0 Å². The highest BCUT2D eigenvalue weighted by Gasteiger charge is 2.36. The van der Waals surface area contributed by atoms with E-state index in [0.29, 0.717) is 5.41 Å². The van der Waals surface area contributed by atoms with E-state index in [4.69, 9.17) is 4.74 Å². The second-order valence-corrected chi connectivity index (χ2v) is 6.31. The fourth-order valence-electron chi connectivity index (χ4n) is 3.94. The van der Waals surface area contributed by atoms with Gasteiger partial charge in [0.2, 0.25) is 0 Å². The van der Waals surface area contributed by atoms with Gasteiger partial charge in [0.15, 0.2) is 0 Å². The maximum atomic E-state index is 5.62. The van der Waals surface area contributed by atoms with E-state index in [2.05, 4.69) is 13.0 Å². The van der Waals surface area contributed by atoms with Crippen molar-refractivity contribution in [3.8, 4) is 0 Å². The first kappa shape index (κ1) is 10.8. The third-order valence-corrected chi connectivity index (χ3v) is 5.18. The molecule has 3 aliphatic rings. The number of ether oxygens (including phenoxy) is 1. The SMILES string of the molecule is CC1(C2=C[C@@H]3COC[C@@H]3CC2)CCCCC1. The Bertz CT molecular complexity index is 286. The van der Waals surface area contributed by atoms with Gasteiger partial charge in [-0.15, -0.1) is 0 Å². The van der Waals surface area contributed by atoms with Crippen LogP contribution in [0, 0.1) is 17.3 Å². The molecule has 1 heteroatoms. The van der Waals surface area contributed by atoms with Gasteiger partial charge < -0.3 is 4.74 Å². The van der Waals surface area contributed by atoms with Gasteiger partial charge in [0, 0.05) is 5.92 Å². The van der Waals surface area contributed by atoms with Crippen LogP contribution in [0.3, 0.4) is 0 Å². The van der Waals surface area contributed by atoms with E-state index in [9.17, 15) is 0 Å². The van der Waals surface area contributed by atoms with Crippen LogP contribution in [-0.4, -0.2) is 13.2 Å². The van der Waals surface area contributed by atoms with Gasteiger partial charge >= 0.3 is 0 Å². The van der Waals surface area contributed by atoms with Crippen molar-refractivity contribution in [3.05, 3.63) is 11.6 Å². The van der Waals surface area contributed by atoms with Crippen LogP contribution in [0.5, 0.6) is 0 Å². The highest BCUT2D eigenvalue weighted by molar-refractivity contribution is 5.19. The topological polar surface area (TPSA) is 9.23 Å². The predicted molar refractivity (Wildman–Crippen MR) is 66.3 cm³/mol. The van der Waals surface area contributed by atoms with E-state index in [-0.39, 0.29) is 0 Å². The van der Waals surface area contributed by atoms with Crippen LogP contribution in [0.15, 0.2) is 11.6 Å². The minimum Gasteiger partial charge on any atom is -0.381 e. The standard InChI is InChI=1S/C15H24O/c1-15(7-3-2-4-8-15)14-6-5-12-10-16-11-13(12)9-14/h9,12-13H,2-8,10-11H2,1H3/t12-,13+/m0/s1. The van der Waals surface area contributed by atoms with E-state index in [1.54, 1.807) is 5.57 Å². The smallest absolute Gasteiger partial charge is 0.0532 e. The van der Waals surface area contributed by atoms with Gasteiger partial charge in [-0.3, -0.25) is 0 Å². The van der Waals surface area contributed by atoms with Crippen molar-refractivity contribution in [2.75, 3.05) is 13.2 Å². The van der Waals surface area contributed by atoms with Gasteiger partial charge in [0.25, 0.3) is 0 Å². The van der Waals surface area contributed by atoms with E-state index in [0.717, 1.165) is 25.0 Å². The highest BCUT2D eigenvalue weighted by atomic mass is 16.5. The summed E-state index contributed by atoms with van der Waals surface area (Å²) in [5.41, 5.74) is 2.32. The molecule has 0 aromatic rings. The zero-order chi connectivity index (χ0) is 11.0. The minimum absolute atomic E-state index is 0.547. The van der Waals surface area contributed by atoms with Crippen LogP contribution in [0.2, 0.25) is 0 Å². The fraction of sp³-hybridized carbons (Fsp3) is 0.867. The van der Waals surface area contributed by atoms with Crippen molar-refractivity contribution < 1.29 is 4.74 Å². The number of rotatable bonds is 1. The quantitative estimate of drug-likeness (QED) is 0.608. The number of hydrogen-bond donors (Lipinski definition) is 0. The molecular formula is C15H24O. The van der Waals surface area contributed by atoms with Crippen LogP contribution in [0.4, 0.5) is 0 Å². The second kappa shape index (κ2) is 4.18. The van der Waals surface area contributed by atoms with Crippen LogP contribution >= 0.6 is 0 Å². The van der Waals surface area contributed by atoms with E-state index < -0.39 is 0 Å². The van der Waals surface area contributed by atoms with E-state index in [1.807, 2.05) is 0 Å². The molecule has 2 aliphatic carbocycles. The average molecular weight is 220 g/mol. The third-order valence-electron chi connectivity index (χ3n) is 5.18. The number of fused-ring (bicyclic) bond motifs is 1. The second-order valence-electron chi connectivity index (χ2n) is 6.31. The van der Waals surface area contributed by atoms with Crippen LogP contribution < -0.4 is 0 Å². The number of allylic oxidation sites excluding steroid dienone is 1. The van der Waals surface area contributed by atoms with Crippen molar-refractivity contribution in [3.63, 3.8) is 0 Å². The lowest BCUT2D eigenvalue weighted by molar-refractivity contribution is 0.182. The molecule has 16 heavy (non-hydrogen) atoms. The molecule has 1 saturated heterocycles. The molecule has 1 aliphatic heterocycles. The lowest BCUT2D eigenvalue weighted by Gasteiger charge is -2.39.